The van der Waals surface area contributed by atoms with Crippen LogP contribution in [0.4, 0.5) is 0 Å². The third-order valence-electron chi connectivity index (χ3n) is 2.17. The van der Waals surface area contributed by atoms with Gasteiger partial charge in [0, 0.05) is 11.3 Å². The number of hydrogen-bond donors (Lipinski definition) is 1. The van der Waals surface area contributed by atoms with E-state index in [0.717, 1.165) is 16.8 Å². The smallest absolute Gasteiger partial charge is 0.355 e. The van der Waals surface area contributed by atoms with Gasteiger partial charge in [0.2, 0.25) is 0 Å². The van der Waals surface area contributed by atoms with Crippen LogP contribution in [0.1, 0.15) is 41.2 Å². The van der Waals surface area contributed by atoms with E-state index in [1.54, 1.807) is 13.8 Å². The number of carbonyl (C=O) groups excluding carboxylic acids is 1. The summed E-state index contributed by atoms with van der Waals surface area (Å²) in [5, 5.41) is 0. The monoisotopic (exact) mass is 205 g/mol. The highest BCUT2D eigenvalue weighted by atomic mass is 16.5. The lowest BCUT2D eigenvalue weighted by molar-refractivity contribution is 0.0519. The summed E-state index contributed by atoms with van der Waals surface area (Å²) in [7, 11) is 0. The lowest BCUT2D eigenvalue weighted by atomic mass is 10.1. The van der Waals surface area contributed by atoms with Gasteiger partial charge in [0.1, 0.15) is 5.69 Å². The van der Waals surface area contributed by atoms with Crippen LogP contribution in [0.3, 0.4) is 0 Å². The van der Waals surface area contributed by atoms with Gasteiger partial charge in [-0.3, -0.25) is 0 Å². The number of H-pyrrole nitrogens is 1. The Bertz CT molecular complexity index is 432. The Labute approximate surface area is 89.8 Å². The molecular weight excluding hydrogens is 190 g/mol. The standard InChI is InChI=1S/C12H15NO2/c1-5-7-10-8(3)11(13-9(10)4)12(14)15-6-2/h13H,6H2,1-4H3. The number of aromatic amines is 1. The third kappa shape index (κ3) is 2.21. The van der Waals surface area contributed by atoms with Crippen molar-refractivity contribution < 1.29 is 9.53 Å². The van der Waals surface area contributed by atoms with Crippen molar-refractivity contribution in [1.82, 2.24) is 4.98 Å². The Morgan fingerprint density at radius 1 is 1.47 bits per heavy atom. The average Bonchev–Trinajstić information content (AvgIpc) is 2.47. The van der Waals surface area contributed by atoms with Crippen molar-refractivity contribution in [3.8, 4) is 11.8 Å². The molecule has 1 aromatic heterocycles. The van der Waals surface area contributed by atoms with Gasteiger partial charge in [-0.15, -0.1) is 5.92 Å². The first-order chi connectivity index (χ1) is 7.11. The Morgan fingerprint density at radius 3 is 2.67 bits per heavy atom. The number of nitrogens with one attached hydrogen (secondary N) is 1. The maximum absolute atomic E-state index is 11.5. The second-order valence-electron chi connectivity index (χ2n) is 3.22. The molecule has 15 heavy (non-hydrogen) atoms. The van der Waals surface area contributed by atoms with Gasteiger partial charge in [-0.05, 0) is 33.3 Å². The Kier molecular flexibility index (Phi) is 3.56. The van der Waals surface area contributed by atoms with Crippen LogP contribution >= 0.6 is 0 Å². The zero-order valence-corrected chi connectivity index (χ0v) is 9.52. The Hall–Kier alpha value is -1.69. The molecule has 0 bridgehead atoms. The molecule has 3 nitrogen and oxygen atoms in total. The van der Waals surface area contributed by atoms with E-state index in [4.69, 9.17) is 4.74 Å². The summed E-state index contributed by atoms with van der Waals surface area (Å²) in [6.07, 6.45) is 0. The first kappa shape index (κ1) is 11.4. The fourth-order valence-corrected chi connectivity index (χ4v) is 1.47. The molecule has 0 aromatic carbocycles. The third-order valence-corrected chi connectivity index (χ3v) is 2.17. The van der Waals surface area contributed by atoms with Crippen LogP contribution in [0.25, 0.3) is 0 Å². The molecular formula is C12H15NO2. The molecule has 80 valence electrons. The van der Waals surface area contributed by atoms with Gasteiger partial charge in [-0.25, -0.2) is 4.79 Å². The molecule has 0 saturated heterocycles. The van der Waals surface area contributed by atoms with E-state index in [1.165, 1.54) is 0 Å². The minimum atomic E-state index is -0.317. The highest BCUT2D eigenvalue weighted by molar-refractivity contribution is 5.90. The van der Waals surface area contributed by atoms with E-state index in [1.807, 2.05) is 13.8 Å². The molecule has 1 rings (SSSR count). The largest absolute Gasteiger partial charge is 0.461 e. The summed E-state index contributed by atoms with van der Waals surface area (Å²) >= 11 is 0. The van der Waals surface area contributed by atoms with Gasteiger partial charge < -0.3 is 9.72 Å². The first-order valence-electron chi connectivity index (χ1n) is 4.90. The molecule has 0 aliphatic heterocycles. The molecule has 1 aromatic rings. The highest BCUT2D eigenvalue weighted by Crippen LogP contribution is 2.17. The fraction of sp³-hybridized carbons (Fsp3) is 0.417. The summed E-state index contributed by atoms with van der Waals surface area (Å²) in [5.41, 5.74) is 3.16. The number of hydrogen-bond acceptors (Lipinski definition) is 2. The van der Waals surface area contributed by atoms with Gasteiger partial charge >= 0.3 is 5.97 Å². The molecule has 0 fully saturated rings. The molecule has 0 amide bonds. The summed E-state index contributed by atoms with van der Waals surface area (Å²) in [6, 6.07) is 0. The molecule has 0 aliphatic rings. The summed E-state index contributed by atoms with van der Waals surface area (Å²) < 4.78 is 4.94. The number of rotatable bonds is 2. The van der Waals surface area contributed by atoms with Crippen LogP contribution in [0.5, 0.6) is 0 Å². The van der Waals surface area contributed by atoms with Gasteiger partial charge in [0.25, 0.3) is 0 Å². The van der Waals surface area contributed by atoms with E-state index < -0.39 is 0 Å². The molecule has 0 saturated carbocycles. The van der Waals surface area contributed by atoms with Crippen molar-refractivity contribution >= 4 is 5.97 Å². The summed E-state index contributed by atoms with van der Waals surface area (Å²) in [4.78, 5) is 14.5. The van der Waals surface area contributed by atoms with Crippen LogP contribution in [-0.2, 0) is 4.74 Å². The predicted molar refractivity (Wildman–Crippen MR) is 58.8 cm³/mol. The number of aryl methyl sites for hydroxylation is 1. The van der Waals surface area contributed by atoms with Gasteiger partial charge in [0.15, 0.2) is 0 Å². The second-order valence-corrected chi connectivity index (χ2v) is 3.22. The Balaban J connectivity index is 3.15. The van der Waals surface area contributed by atoms with Crippen LogP contribution in [0.2, 0.25) is 0 Å². The minimum Gasteiger partial charge on any atom is -0.461 e. The fourth-order valence-electron chi connectivity index (χ4n) is 1.47. The topological polar surface area (TPSA) is 42.1 Å². The lowest BCUT2D eigenvalue weighted by Gasteiger charge is -1.99. The molecule has 1 heterocycles. The molecule has 0 aliphatic carbocycles. The number of carbonyl (C=O) groups is 1. The SMILES string of the molecule is CC#Cc1c(C)[nH]c(C(=O)OCC)c1C. The van der Waals surface area contributed by atoms with Crippen molar-refractivity contribution in [2.45, 2.75) is 27.7 Å². The Morgan fingerprint density at radius 2 is 2.13 bits per heavy atom. The highest BCUT2D eigenvalue weighted by Gasteiger charge is 2.16. The molecule has 1 N–H and O–H groups in total. The molecule has 0 unspecified atom stereocenters. The zero-order chi connectivity index (χ0) is 11.4. The van der Waals surface area contributed by atoms with Gasteiger partial charge in [-0.1, -0.05) is 5.92 Å². The molecule has 0 spiro atoms. The molecule has 0 radical (unpaired) electrons. The zero-order valence-electron chi connectivity index (χ0n) is 9.52. The number of aromatic nitrogens is 1. The van der Waals surface area contributed by atoms with Crippen LogP contribution in [0, 0.1) is 25.7 Å². The maximum atomic E-state index is 11.5. The maximum Gasteiger partial charge on any atom is 0.355 e. The van der Waals surface area contributed by atoms with E-state index >= 15 is 0 Å². The van der Waals surface area contributed by atoms with E-state index in [2.05, 4.69) is 16.8 Å². The summed E-state index contributed by atoms with van der Waals surface area (Å²) in [6.45, 7) is 7.71. The van der Waals surface area contributed by atoms with E-state index in [9.17, 15) is 4.79 Å². The first-order valence-corrected chi connectivity index (χ1v) is 4.90. The van der Waals surface area contributed by atoms with Crippen molar-refractivity contribution in [2.24, 2.45) is 0 Å². The van der Waals surface area contributed by atoms with Crippen molar-refractivity contribution in [3.05, 3.63) is 22.5 Å². The quantitative estimate of drug-likeness (QED) is 0.594. The predicted octanol–water partition coefficient (Wildman–Crippen LogP) is 2.18. The summed E-state index contributed by atoms with van der Waals surface area (Å²) in [5.74, 6) is 5.48. The molecule has 0 atom stereocenters. The van der Waals surface area contributed by atoms with Crippen molar-refractivity contribution in [3.63, 3.8) is 0 Å². The average molecular weight is 205 g/mol. The minimum absolute atomic E-state index is 0.317. The van der Waals surface area contributed by atoms with E-state index in [-0.39, 0.29) is 5.97 Å². The number of ether oxygens (including phenoxy) is 1. The van der Waals surface area contributed by atoms with Crippen molar-refractivity contribution in [2.75, 3.05) is 6.61 Å². The van der Waals surface area contributed by atoms with E-state index in [0.29, 0.717) is 12.3 Å². The second kappa shape index (κ2) is 4.70. The van der Waals surface area contributed by atoms with Gasteiger partial charge in [-0.2, -0.15) is 0 Å². The van der Waals surface area contributed by atoms with Crippen LogP contribution < -0.4 is 0 Å². The van der Waals surface area contributed by atoms with Crippen molar-refractivity contribution in [1.29, 1.82) is 0 Å². The lowest BCUT2D eigenvalue weighted by Crippen LogP contribution is -2.06. The van der Waals surface area contributed by atoms with Crippen LogP contribution in [0.15, 0.2) is 0 Å². The van der Waals surface area contributed by atoms with Crippen LogP contribution in [-0.4, -0.2) is 17.6 Å². The van der Waals surface area contributed by atoms with Gasteiger partial charge in [0.05, 0.1) is 6.61 Å². The number of esters is 1. The normalized spacial score (nSPS) is 9.33. The molecule has 3 heteroatoms.